The second-order valence-corrected chi connectivity index (χ2v) is 10.5. The SMILES string of the molecule is Clc1ccc(-c2cccc3c2sc2ccccc23)c(-c2nc(-c3ccccc3)nc(-c3ccccc3)n2)c1. The molecule has 0 unspecified atom stereocenters. The number of benzene rings is 5. The van der Waals surface area contributed by atoms with Crippen molar-refractivity contribution in [3.8, 4) is 45.3 Å². The first-order valence-corrected chi connectivity index (χ1v) is 13.5. The van der Waals surface area contributed by atoms with Crippen molar-refractivity contribution in [3.05, 3.63) is 126 Å². The molecule has 0 saturated carbocycles. The molecule has 5 heteroatoms. The molecule has 2 aromatic heterocycles. The van der Waals surface area contributed by atoms with E-state index in [1.807, 2.05) is 72.8 Å². The highest BCUT2D eigenvalue weighted by Crippen LogP contribution is 2.43. The number of aromatic nitrogens is 3. The lowest BCUT2D eigenvalue weighted by atomic mass is 9.97. The van der Waals surface area contributed by atoms with Gasteiger partial charge in [-0.3, -0.25) is 0 Å². The molecule has 38 heavy (non-hydrogen) atoms. The van der Waals surface area contributed by atoms with E-state index in [9.17, 15) is 0 Å². The standard InChI is InChI=1S/C33H20ClN3S/c34-23-18-19-24(26-15-9-16-27-25-14-7-8-17-29(25)38-30(26)27)28(20-23)33-36-31(21-10-3-1-4-11-21)35-32(37-33)22-12-5-2-6-13-22/h1-20H. The van der Waals surface area contributed by atoms with Crippen LogP contribution >= 0.6 is 22.9 Å². The van der Waals surface area contributed by atoms with E-state index < -0.39 is 0 Å². The molecule has 0 atom stereocenters. The third kappa shape index (κ3) is 4.04. The van der Waals surface area contributed by atoms with Crippen molar-refractivity contribution in [3.63, 3.8) is 0 Å². The molecule has 3 nitrogen and oxygen atoms in total. The van der Waals surface area contributed by atoms with Crippen molar-refractivity contribution < 1.29 is 0 Å². The number of thiophene rings is 1. The van der Waals surface area contributed by atoms with Gasteiger partial charge in [0.25, 0.3) is 0 Å². The van der Waals surface area contributed by atoms with E-state index in [0.717, 1.165) is 27.8 Å². The van der Waals surface area contributed by atoms with Crippen molar-refractivity contribution in [2.24, 2.45) is 0 Å². The number of fused-ring (bicyclic) bond motifs is 3. The first-order valence-electron chi connectivity index (χ1n) is 12.3. The van der Waals surface area contributed by atoms with Crippen LogP contribution in [0, 0.1) is 0 Å². The van der Waals surface area contributed by atoms with Gasteiger partial charge in [-0.1, -0.05) is 115 Å². The van der Waals surface area contributed by atoms with E-state index in [2.05, 4.69) is 48.5 Å². The zero-order valence-electron chi connectivity index (χ0n) is 20.2. The summed E-state index contributed by atoms with van der Waals surface area (Å²) in [6.07, 6.45) is 0. The van der Waals surface area contributed by atoms with E-state index in [0.29, 0.717) is 22.5 Å². The predicted molar refractivity (Wildman–Crippen MR) is 159 cm³/mol. The smallest absolute Gasteiger partial charge is 0.164 e. The molecular weight excluding hydrogens is 506 g/mol. The average Bonchev–Trinajstić information content (AvgIpc) is 3.37. The van der Waals surface area contributed by atoms with E-state index in [-0.39, 0.29) is 0 Å². The molecule has 7 rings (SSSR count). The summed E-state index contributed by atoms with van der Waals surface area (Å²) in [5, 5.41) is 3.15. The fourth-order valence-electron chi connectivity index (χ4n) is 4.82. The molecule has 2 heterocycles. The quantitative estimate of drug-likeness (QED) is 0.229. The van der Waals surface area contributed by atoms with Crippen molar-refractivity contribution in [2.45, 2.75) is 0 Å². The molecule has 0 saturated heterocycles. The summed E-state index contributed by atoms with van der Waals surface area (Å²) in [7, 11) is 0. The molecule has 0 aliphatic heterocycles. The van der Waals surface area contributed by atoms with Gasteiger partial charge >= 0.3 is 0 Å². The van der Waals surface area contributed by atoms with Gasteiger partial charge in [0.05, 0.1) is 0 Å². The van der Waals surface area contributed by atoms with Crippen LogP contribution < -0.4 is 0 Å². The Morgan fingerprint density at radius 3 is 1.79 bits per heavy atom. The van der Waals surface area contributed by atoms with Crippen LogP contribution in [0.2, 0.25) is 5.02 Å². The Balaban J connectivity index is 1.50. The van der Waals surface area contributed by atoms with Crippen LogP contribution in [0.5, 0.6) is 0 Å². The van der Waals surface area contributed by atoms with Gasteiger partial charge in [-0.2, -0.15) is 0 Å². The highest BCUT2D eigenvalue weighted by atomic mass is 35.5. The summed E-state index contributed by atoms with van der Waals surface area (Å²) in [5.74, 6) is 1.84. The number of rotatable bonds is 4. The van der Waals surface area contributed by atoms with Gasteiger partial charge in [0.1, 0.15) is 0 Å². The number of nitrogens with zero attached hydrogens (tertiary/aromatic N) is 3. The second kappa shape index (κ2) is 9.49. The van der Waals surface area contributed by atoms with Crippen LogP contribution in [-0.2, 0) is 0 Å². The summed E-state index contributed by atoms with van der Waals surface area (Å²) < 4.78 is 2.50. The van der Waals surface area contributed by atoms with Crippen LogP contribution in [0.15, 0.2) is 121 Å². The molecule has 0 bridgehead atoms. The Hall–Kier alpha value is -4.38. The Morgan fingerprint density at radius 2 is 1.08 bits per heavy atom. The highest BCUT2D eigenvalue weighted by molar-refractivity contribution is 7.26. The van der Waals surface area contributed by atoms with E-state index in [4.69, 9.17) is 26.6 Å². The van der Waals surface area contributed by atoms with Gasteiger partial charge in [-0.05, 0) is 23.8 Å². The van der Waals surface area contributed by atoms with E-state index >= 15 is 0 Å². The minimum atomic E-state index is 0.591. The number of hydrogen-bond acceptors (Lipinski definition) is 4. The fourth-order valence-corrected chi connectivity index (χ4v) is 6.23. The maximum absolute atomic E-state index is 6.58. The average molecular weight is 526 g/mol. The molecular formula is C33H20ClN3S. The molecule has 0 aliphatic rings. The summed E-state index contributed by atoms with van der Waals surface area (Å²) in [6.45, 7) is 0. The van der Waals surface area contributed by atoms with E-state index in [1.165, 1.54) is 20.2 Å². The van der Waals surface area contributed by atoms with Crippen LogP contribution in [-0.4, -0.2) is 15.0 Å². The zero-order chi connectivity index (χ0) is 25.5. The minimum Gasteiger partial charge on any atom is -0.208 e. The third-order valence-electron chi connectivity index (χ3n) is 6.62. The van der Waals surface area contributed by atoms with Crippen molar-refractivity contribution in [1.29, 1.82) is 0 Å². The first kappa shape index (κ1) is 22.8. The fraction of sp³-hybridized carbons (Fsp3) is 0. The van der Waals surface area contributed by atoms with Crippen molar-refractivity contribution in [1.82, 2.24) is 15.0 Å². The van der Waals surface area contributed by atoms with Gasteiger partial charge in [0.2, 0.25) is 0 Å². The van der Waals surface area contributed by atoms with Crippen molar-refractivity contribution in [2.75, 3.05) is 0 Å². The molecule has 7 aromatic rings. The second-order valence-electron chi connectivity index (χ2n) is 9.01. The summed E-state index contributed by atoms with van der Waals surface area (Å²) in [4.78, 5) is 14.8. The van der Waals surface area contributed by atoms with Crippen molar-refractivity contribution >= 4 is 43.1 Å². The maximum Gasteiger partial charge on any atom is 0.164 e. The summed E-state index contributed by atoms with van der Waals surface area (Å²) in [5.41, 5.74) is 4.92. The topological polar surface area (TPSA) is 38.7 Å². The van der Waals surface area contributed by atoms with Gasteiger partial charge in [0, 0.05) is 47.4 Å². The molecule has 0 radical (unpaired) electrons. The molecule has 0 aliphatic carbocycles. The monoisotopic (exact) mass is 525 g/mol. The predicted octanol–water partition coefficient (Wildman–Crippen LogP) is 9.56. The summed E-state index contributed by atoms with van der Waals surface area (Å²) >= 11 is 8.39. The first-order chi connectivity index (χ1) is 18.7. The lowest BCUT2D eigenvalue weighted by Gasteiger charge is -2.13. The zero-order valence-corrected chi connectivity index (χ0v) is 21.7. The lowest BCUT2D eigenvalue weighted by molar-refractivity contribution is 1.07. The van der Waals surface area contributed by atoms with Gasteiger partial charge in [-0.25, -0.2) is 15.0 Å². The molecule has 0 N–H and O–H groups in total. The largest absolute Gasteiger partial charge is 0.208 e. The normalized spacial score (nSPS) is 11.3. The number of hydrogen-bond donors (Lipinski definition) is 0. The Labute approximate surface area is 229 Å². The lowest BCUT2D eigenvalue weighted by Crippen LogP contribution is -2.01. The molecule has 0 fully saturated rings. The van der Waals surface area contributed by atoms with Gasteiger partial charge < -0.3 is 0 Å². The highest BCUT2D eigenvalue weighted by Gasteiger charge is 2.18. The molecule has 180 valence electrons. The summed E-state index contributed by atoms with van der Waals surface area (Å²) in [6, 6.07) is 41.0. The number of halogens is 1. The third-order valence-corrected chi connectivity index (χ3v) is 8.07. The van der Waals surface area contributed by atoms with E-state index in [1.54, 1.807) is 11.3 Å². The Kier molecular flexibility index (Phi) is 5.69. The van der Waals surface area contributed by atoms with Crippen LogP contribution in [0.1, 0.15) is 0 Å². The van der Waals surface area contributed by atoms with Crippen LogP contribution in [0.25, 0.3) is 65.5 Å². The van der Waals surface area contributed by atoms with Crippen LogP contribution in [0.3, 0.4) is 0 Å². The minimum absolute atomic E-state index is 0.591. The van der Waals surface area contributed by atoms with Crippen LogP contribution in [0.4, 0.5) is 0 Å². The maximum atomic E-state index is 6.58. The van der Waals surface area contributed by atoms with Gasteiger partial charge in [0.15, 0.2) is 17.5 Å². The Morgan fingerprint density at radius 1 is 0.474 bits per heavy atom. The van der Waals surface area contributed by atoms with Gasteiger partial charge in [-0.15, -0.1) is 11.3 Å². The molecule has 5 aromatic carbocycles. The Bertz CT molecular complexity index is 1870. The molecule has 0 amide bonds. The molecule has 0 spiro atoms.